The summed E-state index contributed by atoms with van der Waals surface area (Å²) in [6.07, 6.45) is -7.82. The average molecular weight is 513 g/mol. The van der Waals surface area contributed by atoms with Crippen LogP contribution in [0, 0.1) is 11.7 Å². The first-order valence-corrected chi connectivity index (χ1v) is 11.5. The summed E-state index contributed by atoms with van der Waals surface area (Å²) in [5.74, 6) is -2.15. The molecule has 1 aromatic carbocycles. The van der Waals surface area contributed by atoms with E-state index in [9.17, 15) is 43.9 Å². The normalized spacial score (nSPS) is 18.9. The number of halogens is 7. The summed E-state index contributed by atoms with van der Waals surface area (Å²) >= 11 is 0. The number of carbonyl (C=O) groups is 1. The van der Waals surface area contributed by atoms with Crippen molar-refractivity contribution in [1.29, 1.82) is 0 Å². The van der Waals surface area contributed by atoms with Gasteiger partial charge in [0.15, 0.2) is 22.2 Å². The van der Waals surface area contributed by atoms with Crippen molar-refractivity contribution in [1.82, 2.24) is 4.98 Å². The molecule has 1 saturated carbocycles. The predicted octanol–water partition coefficient (Wildman–Crippen LogP) is 5.40. The lowest BCUT2D eigenvalue weighted by atomic mass is 9.81. The van der Waals surface area contributed by atoms with Crippen LogP contribution in [-0.4, -0.2) is 37.2 Å². The van der Waals surface area contributed by atoms with E-state index in [2.05, 4.69) is 9.72 Å². The second-order valence-corrected chi connectivity index (χ2v) is 10.2. The van der Waals surface area contributed by atoms with Crippen LogP contribution < -0.4 is 4.74 Å². The van der Waals surface area contributed by atoms with Gasteiger partial charge < -0.3 is 4.74 Å². The Labute approximate surface area is 189 Å². The Morgan fingerprint density at radius 1 is 1.06 bits per heavy atom. The summed E-state index contributed by atoms with van der Waals surface area (Å²) in [5.41, 5.74) is -1.25. The van der Waals surface area contributed by atoms with Crippen molar-refractivity contribution in [3.63, 3.8) is 0 Å². The zero-order chi connectivity index (χ0) is 25.3. The number of ether oxygens (including phenoxy) is 1. The Bertz CT molecular complexity index is 1140. The first-order chi connectivity index (χ1) is 15.6. The fourth-order valence-corrected chi connectivity index (χ4v) is 5.52. The van der Waals surface area contributed by atoms with E-state index >= 15 is 0 Å². The SMILES string of the molecule is O=C(CCC1CC(S(=O)(=O)c2cc(F)cc(C(F)(F)F)c2)C1)c1ccc(OCC(F)(F)F)nc1. The minimum Gasteiger partial charge on any atom is -0.468 e. The number of ketones is 1. The molecule has 0 amide bonds. The zero-order valence-corrected chi connectivity index (χ0v) is 18.1. The van der Waals surface area contributed by atoms with Crippen molar-refractivity contribution in [3.05, 3.63) is 53.5 Å². The number of Topliss-reactive ketones (excluding diaryl/α,β-unsaturated/α-hetero) is 1. The molecule has 1 fully saturated rings. The van der Waals surface area contributed by atoms with Crippen molar-refractivity contribution >= 4 is 15.6 Å². The van der Waals surface area contributed by atoms with E-state index in [1.165, 1.54) is 6.07 Å². The third kappa shape index (κ3) is 6.45. The van der Waals surface area contributed by atoms with Gasteiger partial charge in [-0.15, -0.1) is 0 Å². The zero-order valence-electron chi connectivity index (χ0n) is 17.3. The molecule has 0 saturated heterocycles. The molecule has 0 spiro atoms. The topological polar surface area (TPSA) is 73.3 Å². The number of nitrogens with zero attached hydrogens (tertiary/aromatic N) is 1. The summed E-state index contributed by atoms with van der Waals surface area (Å²) in [4.78, 5) is 15.2. The smallest absolute Gasteiger partial charge is 0.422 e. The van der Waals surface area contributed by atoms with Gasteiger partial charge in [0.1, 0.15) is 5.82 Å². The Morgan fingerprint density at radius 2 is 1.74 bits per heavy atom. The highest BCUT2D eigenvalue weighted by Gasteiger charge is 2.41. The highest BCUT2D eigenvalue weighted by Crippen LogP contribution is 2.40. The summed E-state index contributed by atoms with van der Waals surface area (Å²) < 4.78 is 118. The van der Waals surface area contributed by atoms with E-state index in [-0.39, 0.29) is 48.5 Å². The van der Waals surface area contributed by atoms with Crippen molar-refractivity contribution in [3.8, 4) is 5.88 Å². The maximum atomic E-state index is 13.6. The predicted molar refractivity (Wildman–Crippen MR) is 104 cm³/mol. The van der Waals surface area contributed by atoms with Crippen molar-refractivity contribution < 1.29 is 48.7 Å². The molecule has 1 aromatic heterocycles. The van der Waals surface area contributed by atoms with Gasteiger partial charge in [-0.25, -0.2) is 17.8 Å². The largest absolute Gasteiger partial charge is 0.468 e. The number of alkyl halides is 6. The van der Waals surface area contributed by atoms with E-state index in [0.29, 0.717) is 18.6 Å². The third-order valence-electron chi connectivity index (χ3n) is 5.38. The number of hydrogen-bond acceptors (Lipinski definition) is 5. The van der Waals surface area contributed by atoms with E-state index < -0.39 is 50.3 Å². The number of benzene rings is 1. The molecular weight excluding hydrogens is 495 g/mol. The molecule has 2 aromatic rings. The van der Waals surface area contributed by atoms with Crippen molar-refractivity contribution in [2.45, 2.75) is 48.2 Å². The second-order valence-electron chi connectivity index (χ2n) is 7.93. The van der Waals surface area contributed by atoms with Gasteiger partial charge in [-0.2, -0.15) is 26.3 Å². The minimum atomic E-state index is -4.90. The molecule has 1 heterocycles. The van der Waals surface area contributed by atoms with E-state index in [1.54, 1.807) is 0 Å². The molecule has 186 valence electrons. The number of aromatic nitrogens is 1. The average Bonchev–Trinajstić information content (AvgIpc) is 2.69. The summed E-state index contributed by atoms with van der Waals surface area (Å²) in [6.45, 7) is -1.52. The lowest BCUT2D eigenvalue weighted by molar-refractivity contribution is -0.154. The van der Waals surface area contributed by atoms with Crippen LogP contribution in [0.1, 0.15) is 41.6 Å². The van der Waals surface area contributed by atoms with Gasteiger partial charge in [-0.05, 0) is 49.4 Å². The Hall–Kier alpha value is -2.70. The molecule has 13 heteroatoms. The summed E-state index contributed by atoms with van der Waals surface area (Å²) in [6, 6.07) is 3.56. The first kappa shape index (κ1) is 25.9. The number of sulfone groups is 1. The van der Waals surface area contributed by atoms with Crippen molar-refractivity contribution in [2.75, 3.05) is 6.61 Å². The molecule has 0 atom stereocenters. The van der Waals surface area contributed by atoms with Gasteiger partial charge in [-0.1, -0.05) is 0 Å². The van der Waals surface area contributed by atoms with Gasteiger partial charge in [0.2, 0.25) is 5.88 Å². The van der Waals surface area contributed by atoms with Gasteiger partial charge >= 0.3 is 12.4 Å². The van der Waals surface area contributed by atoms with Crippen LogP contribution in [0.15, 0.2) is 41.4 Å². The van der Waals surface area contributed by atoms with Gasteiger partial charge in [0.05, 0.1) is 15.7 Å². The molecular formula is C21H18F7NO4S. The molecule has 1 aliphatic carbocycles. The fraction of sp³-hybridized carbons (Fsp3) is 0.429. The Kier molecular flexibility index (Phi) is 7.25. The van der Waals surface area contributed by atoms with E-state index in [4.69, 9.17) is 0 Å². The first-order valence-electron chi connectivity index (χ1n) is 9.95. The van der Waals surface area contributed by atoms with Crippen LogP contribution >= 0.6 is 0 Å². The van der Waals surface area contributed by atoms with Crippen LogP contribution in [0.4, 0.5) is 30.7 Å². The monoisotopic (exact) mass is 513 g/mol. The number of rotatable bonds is 8. The highest BCUT2D eigenvalue weighted by atomic mass is 32.2. The quantitative estimate of drug-likeness (QED) is 0.349. The lowest BCUT2D eigenvalue weighted by Gasteiger charge is -2.34. The molecule has 0 N–H and O–H groups in total. The maximum Gasteiger partial charge on any atom is 0.422 e. The highest BCUT2D eigenvalue weighted by molar-refractivity contribution is 7.92. The van der Waals surface area contributed by atoms with E-state index in [1.807, 2.05) is 0 Å². The fourth-order valence-electron chi connectivity index (χ4n) is 3.51. The molecule has 0 aliphatic heterocycles. The minimum absolute atomic E-state index is 0.0139. The molecule has 3 rings (SSSR count). The summed E-state index contributed by atoms with van der Waals surface area (Å²) in [7, 11) is -4.18. The number of carbonyl (C=O) groups excluding carboxylic acids is 1. The molecule has 0 radical (unpaired) electrons. The van der Waals surface area contributed by atoms with Crippen LogP contribution in [0.2, 0.25) is 0 Å². The lowest BCUT2D eigenvalue weighted by Crippen LogP contribution is -2.36. The van der Waals surface area contributed by atoms with Gasteiger partial charge in [-0.3, -0.25) is 4.79 Å². The molecule has 0 bridgehead atoms. The molecule has 34 heavy (non-hydrogen) atoms. The third-order valence-corrected chi connectivity index (χ3v) is 7.54. The van der Waals surface area contributed by atoms with Crippen LogP contribution in [0.25, 0.3) is 0 Å². The van der Waals surface area contributed by atoms with Crippen molar-refractivity contribution in [2.24, 2.45) is 5.92 Å². The van der Waals surface area contributed by atoms with Gasteiger partial charge in [0.25, 0.3) is 0 Å². The molecule has 0 unspecified atom stereocenters. The molecule has 5 nitrogen and oxygen atoms in total. The van der Waals surface area contributed by atoms with Crippen LogP contribution in [0.5, 0.6) is 5.88 Å². The second kappa shape index (κ2) is 9.51. The molecule has 1 aliphatic rings. The summed E-state index contributed by atoms with van der Waals surface area (Å²) in [5, 5.41) is -0.984. The van der Waals surface area contributed by atoms with Crippen LogP contribution in [0.3, 0.4) is 0 Å². The maximum absolute atomic E-state index is 13.6. The Balaban J connectivity index is 1.53. The van der Waals surface area contributed by atoms with Crippen LogP contribution in [-0.2, 0) is 16.0 Å². The standard InChI is InChI=1S/C21H18F7NO4S/c22-15-7-14(21(26,27)28)8-17(9-15)34(31,32)16-5-12(6-16)1-3-18(30)13-2-4-19(29-10-13)33-11-20(23,24)25/h2,4,7-10,12,16H,1,3,5-6,11H2. The Morgan fingerprint density at radius 3 is 2.29 bits per heavy atom. The number of pyridine rings is 1. The van der Waals surface area contributed by atoms with E-state index in [0.717, 1.165) is 12.3 Å². The number of hydrogen-bond donors (Lipinski definition) is 0. The van der Waals surface area contributed by atoms with Gasteiger partial charge in [0, 0.05) is 24.2 Å².